The second-order valence-electron chi connectivity index (χ2n) is 7.03. The van der Waals surface area contributed by atoms with Crippen molar-refractivity contribution in [3.05, 3.63) is 23.4 Å². The van der Waals surface area contributed by atoms with Crippen molar-refractivity contribution < 1.29 is 4.42 Å². The molecule has 4 rings (SSSR count). The largest absolute Gasteiger partial charge is 0.420 e. The summed E-state index contributed by atoms with van der Waals surface area (Å²) < 4.78 is 5.97. The Balaban J connectivity index is 1.39. The third-order valence-electron chi connectivity index (χ3n) is 5.27. The van der Waals surface area contributed by atoms with Gasteiger partial charge in [0.15, 0.2) is 0 Å². The van der Waals surface area contributed by atoms with E-state index in [1.54, 1.807) is 11.3 Å². The van der Waals surface area contributed by atoms with Crippen LogP contribution in [0, 0.1) is 5.92 Å². The second kappa shape index (κ2) is 7.14. The number of aromatic nitrogens is 2. The van der Waals surface area contributed by atoms with Crippen molar-refractivity contribution in [2.24, 2.45) is 5.92 Å². The molecule has 0 radical (unpaired) electrons. The zero-order valence-electron chi connectivity index (χ0n) is 13.6. The predicted octanol–water partition coefficient (Wildman–Crippen LogP) is 4.56. The van der Waals surface area contributed by atoms with Crippen molar-refractivity contribution in [2.45, 2.75) is 50.9 Å². The van der Waals surface area contributed by atoms with Crippen molar-refractivity contribution in [2.75, 3.05) is 19.6 Å². The molecule has 0 amide bonds. The third-order valence-corrected chi connectivity index (χ3v) is 6.13. The molecule has 2 aliphatic rings. The van der Waals surface area contributed by atoms with Crippen LogP contribution in [0.25, 0.3) is 10.8 Å². The molecular formula is C18H25N3OS. The van der Waals surface area contributed by atoms with Gasteiger partial charge in [-0.15, -0.1) is 21.5 Å². The molecule has 5 heteroatoms. The molecule has 1 aliphatic carbocycles. The number of hydrogen-bond acceptors (Lipinski definition) is 5. The lowest BCUT2D eigenvalue weighted by Gasteiger charge is -2.34. The Kier molecular flexibility index (Phi) is 4.76. The van der Waals surface area contributed by atoms with E-state index < -0.39 is 0 Å². The Morgan fingerprint density at radius 2 is 2.04 bits per heavy atom. The summed E-state index contributed by atoms with van der Waals surface area (Å²) in [5.41, 5.74) is 0. The van der Waals surface area contributed by atoms with Crippen LogP contribution in [-0.2, 0) is 0 Å². The van der Waals surface area contributed by atoms with Crippen LogP contribution in [0.2, 0.25) is 0 Å². The van der Waals surface area contributed by atoms with E-state index in [0.717, 1.165) is 23.2 Å². The number of nitrogens with zero attached hydrogens (tertiary/aromatic N) is 3. The predicted molar refractivity (Wildman–Crippen MR) is 92.6 cm³/mol. The van der Waals surface area contributed by atoms with Gasteiger partial charge in [-0.05, 0) is 49.6 Å². The summed E-state index contributed by atoms with van der Waals surface area (Å²) in [5.74, 6) is 2.83. The summed E-state index contributed by atoms with van der Waals surface area (Å²) in [6, 6.07) is 4.06. The first-order chi connectivity index (χ1) is 11.4. The number of hydrogen-bond donors (Lipinski definition) is 0. The lowest BCUT2D eigenvalue weighted by Crippen LogP contribution is -2.38. The summed E-state index contributed by atoms with van der Waals surface area (Å²) in [6.45, 7) is 3.59. The highest BCUT2D eigenvalue weighted by Crippen LogP contribution is 2.31. The maximum atomic E-state index is 5.97. The molecule has 0 spiro atoms. The van der Waals surface area contributed by atoms with Gasteiger partial charge in [0, 0.05) is 13.1 Å². The normalized spacial score (nSPS) is 24.1. The van der Waals surface area contributed by atoms with E-state index in [-0.39, 0.29) is 0 Å². The zero-order chi connectivity index (χ0) is 15.5. The SMILES string of the molecule is c1csc(-c2nnc([C@H]3CCCN(CC4CCCCC4)C3)o2)c1. The molecular weight excluding hydrogens is 306 g/mol. The molecule has 2 fully saturated rings. The minimum absolute atomic E-state index is 0.411. The van der Waals surface area contributed by atoms with Crippen molar-refractivity contribution in [1.82, 2.24) is 15.1 Å². The quantitative estimate of drug-likeness (QED) is 0.824. The molecule has 0 aromatic carbocycles. The zero-order valence-corrected chi connectivity index (χ0v) is 14.4. The molecule has 1 atom stereocenters. The van der Waals surface area contributed by atoms with Crippen molar-refractivity contribution in [1.29, 1.82) is 0 Å². The van der Waals surface area contributed by atoms with E-state index in [0.29, 0.717) is 11.8 Å². The Bertz CT molecular complexity index is 604. The molecule has 0 N–H and O–H groups in total. The van der Waals surface area contributed by atoms with Crippen LogP contribution < -0.4 is 0 Å². The Hall–Kier alpha value is -1.20. The fourth-order valence-corrected chi connectivity index (χ4v) is 4.70. The van der Waals surface area contributed by atoms with Crippen LogP contribution in [0.1, 0.15) is 56.8 Å². The van der Waals surface area contributed by atoms with E-state index >= 15 is 0 Å². The average Bonchev–Trinajstić information content (AvgIpc) is 3.28. The lowest BCUT2D eigenvalue weighted by molar-refractivity contribution is 0.152. The fraction of sp³-hybridized carbons (Fsp3) is 0.667. The van der Waals surface area contributed by atoms with Gasteiger partial charge in [0.1, 0.15) is 0 Å². The molecule has 3 heterocycles. The maximum Gasteiger partial charge on any atom is 0.257 e. The van der Waals surface area contributed by atoms with Crippen LogP contribution in [0.5, 0.6) is 0 Å². The van der Waals surface area contributed by atoms with Gasteiger partial charge >= 0.3 is 0 Å². The minimum atomic E-state index is 0.411. The molecule has 1 saturated carbocycles. The smallest absolute Gasteiger partial charge is 0.257 e. The van der Waals surface area contributed by atoms with Gasteiger partial charge in [0.05, 0.1) is 10.8 Å². The van der Waals surface area contributed by atoms with E-state index in [2.05, 4.69) is 15.1 Å². The first-order valence-electron chi connectivity index (χ1n) is 8.98. The van der Waals surface area contributed by atoms with E-state index in [9.17, 15) is 0 Å². The molecule has 2 aromatic rings. The molecule has 0 bridgehead atoms. The fourth-order valence-electron chi connectivity index (χ4n) is 4.06. The Morgan fingerprint density at radius 3 is 2.87 bits per heavy atom. The molecule has 23 heavy (non-hydrogen) atoms. The monoisotopic (exact) mass is 331 g/mol. The standard InChI is InChI=1S/C18H25N3OS/c1-2-6-14(7-3-1)12-21-10-4-8-15(13-21)17-19-20-18(22-17)16-9-5-11-23-16/h5,9,11,14-15H,1-4,6-8,10,12-13H2/t15-/m0/s1. The Morgan fingerprint density at radius 1 is 1.13 bits per heavy atom. The third kappa shape index (κ3) is 3.66. The number of likely N-dealkylation sites (tertiary alicyclic amines) is 1. The van der Waals surface area contributed by atoms with Gasteiger partial charge in [-0.2, -0.15) is 0 Å². The van der Waals surface area contributed by atoms with Crippen LogP contribution in [-0.4, -0.2) is 34.7 Å². The van der Waals surface area contributed by atoms with Crippen LogP contribution in [0.15, 0.2) is 21.9 Å². The van der Waals surface area contributed by atoms with Crippen molar-refractivity contribution in [3.63, 3.8) is 0 Å². The number of piperidine rings is 1. The number of thiophene rings is 1. The molecule has 124 valence electrons. The van der Waals surface area contributed by atoms with Crippen LogP contribution in [0.3, 0.4) is 0 Å². The summed E-state index contributed by atoms with van der Waals surface area (Å²) >= 11 is 1.65. The molecule has 4 nitrogen and oxygen atoms in total. The van der Waals surface area contributed by atoms with E-state index in [4.69, 9.17) is 4.42 Å². The molecule has 1 aliphatic heterocycles. The highest BCUT2D eigenvalue weighted by Gasteiger charge is 2.27. The van der Waals surface area contributed by atoms with Crippen LogP contribution in [0.4, 0.5) is 0 Å². The maximum absolute atomic E-state index is 5.97. The highest BCUT2D eigenvalue weighted by molar-refractivity contribution is 7.13. The van der Waals surface area contributed by atoms with Gasteiger partial charge in [-0.3, -0.25) is 0 Å². The first-order valence-corrected chi connectivity index (χ1v) is 9.86. The topological polar surface area (TPSA) is 42.2 Å². The minimum Gasteiger partial charge on any atom is -0.420 e. The van der Waals surface area contributed by atoms with Crippen LogP contribution >= 0.6 is 11.3 Å². The average molecular weight is 331 g/mol. The summed E-state index contributed by atoms with van der Waals surface area (Å²) in [7, 11) is 0. The van der Waals surface area contributed by atoms with Gasteiger partial charge in [0.25, 0.3) is 5.89 Å². The first kappa shape index (κ1) is 15.3. The lowest BCUT2D eigenvalue weighted by atomic mass is 9.88. The van der Waals surface area contributed by atoms with E-state index in [1.165, 1.54) is 58.0 Å². The molecule has 2 aromatic heterocycles. The summed E-state index contributed by atoms with van der Waals surface area (Å²) in [6.07, 6.45) is 9.55. The van der Waals surface area contributed by atoms with Gasteiger partial charge in [-0.1, -0.05) is 25.3 Å². The van der Waals surface area contributed by atoms with Gasteiger partial charge in [0.2, 0.25) is 5.89 Å². The molecule has 1 saturated heterocycles. The second-order valence-corrected chi connectivity index (χ2v) is 7.97. The summed E-state index contributed by atoms with van der Waals surface area (Å²) in [5, 5.41) is 10.6. The molecule has 0 unspecified atom stereocenters. The van der Waals surface area contributed by atoms with Crippen molar-refractivity contribution in [3.8, 4) is 10.8 Å². The highest BCUT2D eigenvalue weighted by atomic mass is 32.1. The van der Waals surface area contributed by atoms with E-state index in [1.807, 2.05) is 17.5 Å². The van der Waals surface area contributed by atoms with Gasteiger partial charge in [-0.25, -0.2) is 0 Å². The Labute approximate surface area is 141 Å². The van der Waals surface area contributed by atoms with Gasteiger partial charge < -0.3 is 9.32 Å². The van der Waals surface area contributed by atoms with Crippen molar-refractivity contribution >= 4 is 11.3 Å². The number of rotatable bonds is 4. The summed E-state index contributed by atoms with van der Waals surface area (Å²) in [4.78, 5) is 3.71.